The molecular formula is C16H9NO5. The summed E-state index contributed by atoms with van der Waals surface area (Å²) >= 11 is 0. The molecule has 0 aliphatic heterocycles. The number of nitro benzene ring substituents is 1. The maximum Gasteiger partial charge on any atom is 0.320 e. The molecule has 0 N–H and O–H groups in total. The van der Waals surface area contributed by atoms with Crippen LogP contribution in [0.25, 0.3) is 22.1 Å². The fourth-order valence-electron chi connectivity index (χ4n) is 2.31. The number of rotatable bonds is 3. The first kappa shape index (κ1) is 13.7. The topological polar surface area (TPSA) is 90.4 Å². The van der Waals surface area contributed by atoms with Crippen LogP contribution in [0.1, 0.15) is 10.4 Å². The zero-order valence-electron chi connectivity index (χ0n) is 11.2. The number of nitrogens with zero attached hydrogens (tertiary/aromatic N) is 1. The number of benzene rings is 2. The van der Waals surface area contributed by atoms with Gasteiger partial charge in [0, 0.05) is 0 Å². The molecule has 0 aliphatic carbocycles. The average molecular weight is 295 g/mol. The van der Waals surface area contributed by atoms with E-state index < -0.39 is 10.4 Å². The highest BCUT2D eigenvalue weighted by Crippen LogP contribution is 2.35. The molecule has 0 saturated carbocycles. The third-order valence-corrected chi connectivity index (χ3v) is 3.34. The summed E-state index contributed by atoms with van der Waals surface area (Å²) in [6, 6.07) is 11.7. The predicted molar refractivity (Wildman–Crippen MR) is 80.0 cm³/mol. The number of nitro groups is 1. The second-order valence-corrected chi connectivity index (χ2v) is 4.60. The second kappa shape index (κ2) is 5.25. The van der Waals surface area contributed by atoms with Crippen molar-refractivity contribution >= 4 is 22.9 Å². The van der Waals surface area contributed by atoms with E-state index in [1.54, 1.807) is 30.3 Å². The SMILES string of the molecule is O=Cc1coc2c([N+](=O)[O-])c(-c3ccccc3)ccc2c1=O. The van der Waals surface area contributed by atoms with Gasteiger partial charge < -0.3 is 4.42 Å². The molecule has 0 bridgehead atoms. The minimum Gasteiger partial charge on any atom is -0.456 e. The van der Waals surface area contributed by atoms with Crippen LogP contribution in [0.2, 0.25) is 0 Å². The standard InChI is InChI=1S/C16H9NO5/c18-8-11-9-22-16-13(15(11)19)7-6-12(14(16)17(20)21)10-4-2-1-3-5-10/h1-9H. The van der Waals surface area contributed by atoms with E-state index in [0.717, 1.165) is 6.26 Å². The zero-order chi connectivity index (χ0) is 15.7. The number of hydrogen-bond donors (Lipinski definition) is 0. The molecule has 0 saturated heterocycles. The van der Waals surface area contributed by atoms with Gasteiger partial charge in [0.25, 0.3) is 0 Å². The normalized spacial score (nSPS) is 10.5. The molecule has 2 aromatic carbocycles. The molecule has 1 aromatic heterocycles. The number of fused-ring (bicyclic) bond motifs is 1. The van der Waals surface area contributed by atoms with Crippen LogP contribution in [-0.4, -0.2) is 11.2 Å². The summed E-state index contributed by atoms with van der Waals surface area (Å²) in [5.74, 6) is 0. The van der Waals surface area contributed by atoms with E-state index in [-0.39, 0.29) is 22.2 Å². The maximum atomic E-state index is 12.1. The van der Waals surface area contributed by atoms with E-state index in [1.807, 2.05) is 0 Å². The van der Waals surface area contributed by atoms with Gasteiger partial charge in [0.15, 0.2) is 6.29 Å². The predicted octanol–water partition coefficient (Wildman–Crippen LogP) is 3.18. The van der Waals surface area contributed by atoms with Crippen molar-refractivity contribution < 1.29 is 14.1 Å². The molecule has 6 heteroatoms. The largest absolute Gasteiger partial charge is 0.456 e. The lowest BCUT2D eigenvalue weighted by atomic mass is 10.0. The lowest BCUT2D eigenvalue weighted by Gasteiger charge is -2.05. The molecule has 0 radical (unpaired) electrons. The number of hydrogen-bond acceptors (Lipinski definition) is 5. The van der Waals surface area contributed by atoms with Gasteiger partial charge in [-0.3, -0.25) is 19.7 Å². The van der Waals surface area contributed by atoms with Crippen molar-refractivity contribution in [2.75, 3.05) is 0 Å². The molecule has 3 aromatic rings. The molecule has 6 nitrogen and oxygen atoms in total. The highest BCUT2D eigenvalue weighted by Gasteiger charge is 2.23. The Morgan fingerprint density at radius 2 is 1.82 bits per heavy atom. The van der Waals surface area contributed by atoms with E-state index in [0.29, 0.717) is 17.4 Å². The van der Waals surface area contributed by atoms with Crippen molar-refractivity contribution in [3.63, 3.8) is 0 Å². The van der Waals surface area contributed by atoms with Gasteiger partial charge in [-0.25, -0.2) is 0 Å². The number of carbonyl (C=O) groups is 1. The summed E-state index contributed by atoms with van der Waals surface area (Å²) in [5, 5.41) is 11.5. The first-order chi connectivity index (χ1) is 10.6. The molecule has 0 spiro atoms. The van der Waals surface area contributed by atoms with Crippen molar-refractivity contribution in [3.8, 4) is 11.1 Å². The Morgan fingerprint density at radius 1 is 1.09 bits per heavy atom. The van der Waals surface area contributed by atoms with Crippen LogP contribution in [-0.2, 0) is 0 Å². The van der Waals surface area contributed by atoms with Crippen LogP contribution >= 0.6 is 0 Å². The monoisotopic (exact) mass is 295 g/mol. The summed E-state index contributed by atoms with van der Waals surface area (Å²) in [6.45, 7) is 0. The van der Waals surface area contributed by atoms with Gasteiger partial charge in [0.1, 0.15) is 6.26 Å². The first-order valence-electron chi connectivity index (χ1n) is 6.37. The zero-order valence-corrected chi connectivity index (χ0v) is 11.2. The second-order valence-electron chi connectivity index (χ2n) is 4.60. The van der Waals surface area contributed by atoms with Gasteiger partial charge in [0.05, 0.1) is 21.4 Å². The Hall–Kier alpha value is -3.28. The molecule has 0 atom stereocenters. The summed E-state index contributed by atoms with van der Waals surface area (Å²) in [5.41, 5.74) is -0.202. The Bertz CT molecular complexity index is 944. The highest BCUT2D eigenvalue weighted by molar-refractivity contribution is 5.95. The quantitative estimate of drug-likeness (QED) is 0.420. The number of aldehydes is 1. The van der Waals surface area contributed by atoms with Crippen molar-refractivity contribution in [1.82, 2.24) is 0 Å². The van der Waals surface area contributed by atoms with Gasteiger partial charge in [-0.1, -0.05) is 30.3 Å². The summed E-state index contributed by atoms with van der Waals surface area (Å²) in [6.07, 6.45) is 1.31. The van der Waals surface area contributed by atoms with Crippen LogP contribution in [0.5, 0.6) is 0 Å². The average Bonchev–Trinajstić information content (AvgIpc) is 2.55. The molecular weight excluding hydrogens is 286 g/mol. The van der Waals surface area contributed by atoms with Crippen molar-refractivity contribution in [2.45, 2.75) is 0 Å². The van der Waals surface area contributed by atoms with Crippen LogP contribution in [0.15, 0.2) is 57.9 Å². The fourth-order valence-corrected chi connectivity index (χ4v) is 2.31. The van der Waals surface area contributed by atoms with Gasteiger partial charge in [0.2, 0.25) is 11.0 Å². The molecule has 1 heterocycles. The summed E-state index contributed by atoms with van der Waals surface area (Å²) in [7, 11) is 0. The van der Waals surface area contributed by atoms with Crippen molar-refractivity contribution in [3.05, 3.63) is 74.6 Å². The molecule has 108 valence electrons. The van der Waals surface area contributed by atoms with Crippen molar-refractivity contribution in [2.24, 2.45) is 0 Å². The van der Waals surface area contributed by atoms with Gasteiger partial charge in [-0.15, -0.1) is 0 Å². The summed E-state index contributed by atoms with van der Waals surface area (Å²) in [4.78, 5) is 33.7. The van der Waals surface area contributed by atoms with E-state index in [2.05, 4.69) is 0 Å². The van der Waals surface area contributed by atoms with Gasteiger partial charge >= 0.3 is 5.69 Å². The fraction of sp³-hybridized carbons (Fsp3) is 0. The minimum atomic E-state index is -0.589. The van der Waals surface area contributed by atoms with Gasteiger partial charge in [-0.05, 0) is 17.7 Å². The lowest BCUT2D eigenvalue weighted by Crippen LogP contribution is -2.08. The van der Waals surface area contributed by atoms with Crippen LogP contribution in [0.3, 0.4) is 0 Å². The van der Waals surface area contributed by atoms with Crippen LogP contribution in [0.4, 0.5) is 5.69 Å². The van der Waals surface area contributed by atoms with E-state index in [9.17, 15) is 19.7 Å². The Labute approximate surface area is 123 Å². The Morgan fingerprint density at radius 3 is 2.45 bits per heavy atom. The van der Waals surface area contributed by atoms with Crippen LogP contribution in [0, 0.1) is 10.1 Å². The van der Waals surface area contributed by atoms with Crippen molar-refractivity contribution in [1.29, 1.82) is 0 Å². The minimum absolute atomic E-state index is 0.0102. The third-order valence-electron chi connectivity index (χ3n) is 3.34. The van der Waals surface area contributed by atoms with E-state index in [1.165, 1.54) is 12.1 Å². The maximum absolute atomic E-state index is 12.1. The molecule has 0 unspecified atom stereocenters. The Balaban J connectivity index is 2.42. The summed E-state index contributed by atoms with van der Waals surface area (Å²) < 4.78 is 5.20. The Kier molecular flexibility index (Phi) is 3.27. The number of carbonyl (C=O) groups excluding carboxylic acids is 1. The van der Waals surface area contributed by atoms with E-state index >= 15 is 0 Å². The smallest absolute Gasteiger partial charge is 0.320 e. The molecule has 3 rings (SSSR count). The molecule has 22 heavy (non-hydrogen) atoms. The lowest BCUT2D eigenvalue weighted by molar-refractivity contribution is -0.383. The molecule has 0 fully saturated rings. The van der Waals surface area contributed by atoms with E-state index in [4.69, 9.17) is 4.42 Å². The van der Waals surface area contributed by atoms with Gasteiger partial charge in [-0.2, -0.15) is 0 Å². The highest BCUT2D eigenvalue weighted by atomic mass is 16.6. The third kappa shape index (κ3) is 2.07. The van der Waals surface area contributed by atoms with Crippen LogP contribution < -0.4 is 5.43 Å². The molecule has 0 aliphatic rings. The first-order valence-corrected chi connectivity index (χ1v) is 6.37. The molecule has 0 amide bonds.